The van der Waals surface area contributed by atoms with Crippen LogP contribution in [0.1, 0.15) is 121 Å². The number of benzene rings is 3. The van der Waals surface area contributed by atoms with Gasteiger partial charge in [-0.25, -0.2) is 0 Å². The minimum atomic E-state index is -0.877. The summed E-state index contributed by atoms with van der Waals surface area (Å²) in [6.45, 7) is 22.9. The Morgan fingerprint density at radius 2 is 1.17 bits per heavy atom. The number of aromatic amines is 1. The third-order valence-electron chi connectivity index (χ3n) is 9.53. The number of anilines is 2. The third-order valence-corrected chi connectivity index (χ3v) is 11.5. The van der Waals surface area contributed by atoms with Gasteiger partial charge < -0.3 is 0 Å². The zero-order valence-electron chi connectivity index (χ0n) is 29.9. The first kappa shape index (κ1) is 34.8. The van der Waals surface area contributed by atoms with Crippen LogP contribution in [0.2, 0.25) is 0 Å². The predicted molar refractivity (Wildman–Crippen MR) is 201 cm³/mol. The summed E-state index contributed by atoms with van der Waals surface area (Å²) >= 11 is -0.877. The fourth-order valence-corrected chi connectivity index (χ4v) is 8.68. The van der Waals surface area contributed by atoms with E-state index >= 15 is 0 Å². The van der Waals surface area contributed by atoms with Gasteiger partial charge in [-0.05, 0) is 0 Å². The summed E-state index contributed by atoms with van der Waals surface area (Å²) in [6, 6.07) is 21.7. The Bertz CT molecular complexity index is 1660. The van der Waals surface area contributed by atoms with Gasteiger partial charge in [-0.3, -0.25) is 0 Å². The van der Waals surface area contributed by atoms with Gasteiger partial charge in [0.1, 0.15) is 0 Å². The molecule has 4 aromatic rings. The van der Waals surface area contributed by atoms with Crippen LogP contribution < -0.4 is 14.1 Å². The van der Waals surface area contributed by atoms with Crippen molar-refractivity contribution >= 4 is 44.2 Å². The average molecular weight is 690 g/mol. The van der Waals surface area contributed by atoms with Crippen LogP contribution in [0.4, 0.5) is 11.4 Å². The first-order chi connectivity index (χ1) is 22.5. The van der Waals surface area contributed by atoms with Crippen molar-refractivity contribution in [2.75, 3.05) is 9.80 Å². The molecule has 3 aromatic carbocycles. The molecule has 0 saturated heterocycles. The molecule has 0 saturated carbocycles. The Labute approximate surface area is 289 Å². The molecule has 6 heteroatoms. The van der Waals surface area contributed by atoms with Gasteiger partial charge in [0, 0.05) is 0 Å². The number of allylic oxidation sites excluding steroid dienone is 2. The van der Waals surface area contributed by atoms with Gasteiger partial charge in [0.05, 0.1) is 0 Å². The maximum atomic E-state index is 12.4. The van der Waals surface area contributed by atoms with E-state index in [0.717, 1.165) is 11.8 Å². The second-order valence-electron chi connectivity index (χ2n) is 14.1. The topological polar surface area (TPSA) is 51.4 Å². The van der Waals surface area contributed by atoms with Gasteiger partial charge in [0.25, 0.3) is 0 Å². The number of nitrogens with zero attached hydrogens (tertiary/aromatic N) is 2. The number of carbonyl (C=O) groups excluding carboxylic acids is 1. The summed E-state index contributed by atoms with van der Waals surface area (Å²) < 4.78 is 3.72. The summed E-state index contributed by atoms with van der Waals surface area (Å²) in [7, 11) is 0. The standard InChI is InChI=1S/C41H52GeN4O/c1-25(2)33-16-13-17-34(26(3)4)40(33)45-29(9)30(10)46(41-35(27(5)6)18-14-19-36(41)28(7)8)39(45)22-42-44-32(24-47)21-31-23-43-38-20-12-11-15-37(31)38/h11-20,22-28,32,43-44H,21H2,1-10H3. The van der Waals surface area contributed by atoms with Crippen LogP contribution in [0.3, 0.4) is 0 Å². The number of fused-ring (bicyclic) bond motifs is 1. The zero-order chi connectivity index (χ0) is 34.0. The predicted octanol–water partition coefficient (Wildman–Crippen LogP) is 10.1. The number of hydrogen-bond donors (Lipinski definition) is 2. The molecule has 0 bridgehead atoms. The van der Waals surface area contributed by atoms with E-state index in [1.807, 2.05) is 12.3 Å². The molecule has 5 nitrogen and oxygen atoms in total. The summed E-state index contributed by atoms with van der Waals surface area (Å²) in [5, 5.41) is 1.18. The Morgan fingerprint density at radius 1 is 0.702 bits per heavy atom. The third kappa shape index (κ3) is 6.88. The van der Waals surface area contributed by atoms with Crippen LogP contribution in [-0.2, 0) is 11.2 Å². The molecular formula is C41H52GeN4O. The quantitative estimate of drug-likeness (QED) is 0.115. The van der Waals surface area contributed by atoms with Gasteiger partial charge in [-0.1, -0.05) is 0 Å². The number of carbonyl (C=O) groups is 1. The van der Waals surface area contributed by atoms with Gasteiger partial charge in [-0.15, -0.1) is 0 Å². The van der Waals surface area contributed by atoms with Crippen LogP contribution in [0.15, 0.2) is 89.0 Å². The fourth-order valence-electron chi connectivity index (χ4n) is 6.88. The van der Waals surface area contributed by atoms with Crippen LogP contribution in [0, 0.1) is 0 Å². The van der Waals surface area contributed by atoms with E-state index < -0.39 is 15.7 Å². The van der Waals surface area contributed by atoms with E-state index in [0.29, 0.717) is 30.1 Å². The average Bonchev–Trinajstić information content (AvgIpc) is 3.56. The number of rotatable bonds is 12. The van der Waals surface area contributed by atoms with Gasteiger partial charge in [0.2, 0.25) is 0 Å². The molecule has 0 aliphatic carbocycles. The molecular weight excluding hydrogens is 637 g/mol. The van der Waals surface area contributed by atoms with Crippen molar-refractivity contribution in [3.05, 3.63) is 117 Å². The van der Waals surface area contributed by atoms with E-state index in [1.54, 1.807) is 0 Å². The summed E-state index contributed by atoms with van der Waals surface area (Å²) in [5.74, 6) is 2.64. The molecule has 2 heterocycles. The van der Waals surface area contributed by atoms with Crippen molar-refractivity contribution in [2.24, 2.45) is 0 Å². The second kappa shape index (κ2) is 14.7. The molecule has 0 fully saturated rings. The van der Waals surface area contributed by atoms with Crippen molar-refractivity contribution in [3.63, 3.8) is 0 Å². The van der Waals surface area contributed by atoms with Crippen LogP contribution in [0.5, 0.6) is 0 Å². The Morgan fingerprint density at radius 3 is 1.62 bits per heavy atom. The summed E-state index contributed by atoms with van der Waals surface area (Å²) in [4.78, 5) is 23.3. The number of aromatic nitrogens is 1. The number of aldehydes is 1. The molecule has 5 rings (SSSR count). The molecule has 47 heavy (non-hydrogen) atoms. The maximum absolute atomic E-state index is 12.4. The van der Waals surface area contributed by atoms with Gasteiger partial charge in [-0.2, -0.15) is 0 Å². The van der Waals surface area contributed by atoms with E-state index in [2.05, 4.69) is 148 Å². The van der Waals surface area contributed by atoms with E-state index in [-0.39, 0.29) is 6.04 Å². The monoisotopic (exact) mass is 690 g/mol. The van der Waals surface area contributed by atoms with Crippen molar-refractivity contribution in [3.8, 4) is 0 Å². The Hall–Kier alpha value is -3.55. The van der Waals surface area contributed by atoms with E-state index in [9.17, 15) is 4.79 Å². The van der Waals surface area contributed by atoms with E-state index in [4.69, 9.17) is 0 Å². The Kier molecular flexibility index (Phi) is 10.9. The van der Waals surface area contributed by atoms with Crippen molar-refractivity contribution in [1.29, 1.82) is 0 Å². The Balaban J connectivity index is 1.64. The van der Waals surface area contributed by atoms with Gasteiger partial charge >= 0.3 is 290 Å². The zero-order valence-corrected chi connectivity index (χ0v) is 32.0. The van der Waals surface area contributed by atoms with Crippen molar-refractivity contribution < 1.29 is 4.79 Å². The molecule has 1 aromatic heterocycles. The first-order valence-electron chi connectivity index (χ1n) is 17.2. The molecule has 1 atom stereocenters. The molecule has 2 N–H and O–H groups in total. The fraction of sp³-hybridized carbons (Fsp3) is 0.390. The number of para-hydroxylation sites is 3. The minimum absolute atomic E-state index is 0.257. The molecule has 0 amide bonds. The van der Waals surface area contributed by atoms with Crippen molar-refractivity contribution in [1.82, 2.24) is 9.26 Å². The number of hydrogen-bond acceptors (Lipinski definition) is 4. The molecule has 2 radical (unpaired) electrons. The van der Waals surface area contributed by atoms with Crippen LogP contribution in [-0.4, -0.2) is 33.0 Å². The van der Waals surface area contributed by atoms with Crippen LogP contribution >= 0.6 is 0 Å². The van der Waals surface area contributed by atoms with Gasteiger partial charge in [0.15, 0.2) is 0 Å². The summed E-state index contributed by atoms with van der Waals surface area (Å²) in [6.07, 6.45) is 3.79. The molecule has 1 unspecified atom stereocenters. The SMILES string of the molecule is CC1=C(C)N(c2c(C(C)C)cccc2C(C)C)C(=[CH][Ge][NH]C(C=O)Cc2c[nH]c3ccccc23)N1c1c(C(C)C)cccc1C(C)C. The van der Waals surface area contributed by atoms with Crippen LogP contribution in [0.25, 0.3) is 10.9 Å². The molecule has 0 spiro atoms. The van der Waals surface area contributed by atoms with Crippen molar-refractivity contribution in [2.45, 2.75) is 105 Å². The normalized spacial score (nSPS) is 14.6. The second-order valence-corrected chi connectivity index (χ2v) is 15.9. The molecule has 1 aliphatic rings. The molecule has 246 valence electrons. The number of nitrogens with one attached hydrogen (secondary N) is 2. The van der Waals surface area contributed by atoms with E-state index in [1.165, 1.54) is 61.8 Å². The number of H-pyrrole nitrogens is 1. The first-order valence-corrected chi connectivity index (χ1v) is 19.5. The summed E-state index contributed by atoms with van der Waals surface area (Å²) in [5.41, 5.74) is 12.8. The molecule has 1 aliphatic heterocycles.